The number of aryl methyl sites for hydroxylation is 3. The Kier molecular flexibility index (Phi) is 5.16. The Morgan fingerprint density at radius 3 is 2.26 bits per heavy atom. The molecule has 1 amide bonds. The number of sulfonamides is 1. The third kappa shape index (κ3) is 3.79. The van der Waals surface area contributed by atoms with E-state index in [2.05, 4.69) is 5.10 Å². The number of nitrogens with zero attached hydrogens (tertiary/aromatic N) is 4. The molecule has 2 aromatic rings. The molecule has 0 aliphatic carbocycles. The first-order valence-electron chi connectivity index (χ1n) is 8.61. The van der Waals surface area contributed by atoms with E-state index in [0.717, 1.165) is 15.8 Å². The molecule has 0 unspecified atom stereocenters. The second kappa shape index (κ2) is 7.24. The van der Waals surface area contributed by atoms with Crippen LogP contribution in [0.4, 0.5) is 0 Å². The quantitative estimate of drug-likeness (QED) is 0.763. The van der Waals surface area contributed by atoms with Crippen molar-refractivity contribution in [2.75, 3.05) is 26.2 Å². The third-order valence-electron chi connectivity index (χ3n) is 4.82. The fourth-order valence-corrected chi connectivity index (χ4v) is 4.44. The molecule has 2 heterocycles. The van der Waals surface area contributed by atoms with E-state index in [1.807, 2.05) is 13.8 Å². The van der Waals surface area contributed by atoms with Crippen molar-refractivity contribution in [2.45, 2.75) is 18.7 Å². The maximum atomic E-state index is 12.9. The lowest BCUT2D eigenvalue weighted by molar-refractivity contribution is 0.0689. The van der Waals surface area contributed by atoms with Gasteiger partial charge in [-0.3, -0.25) is 9.59 Å². The molecule has 0 bridgehead atoms. The summed E-state index contributed by atoms with van der Waals surface area (Å²) in [7, 11) is -2.11. The fourth-order valence-electron chi connectivity index (χ4n) is 2.93. The number of amides is 1. The van der Waals surface area contributed by atoms with Gasteiger partial charge in [0.05, 0.1) is 4.90 Å². The van der Waals surface area contributed by atoms with Crippen LogP contribution >= 0.6 is 0 Å². The highest BCUT2D eigenvalue weighted by Crippen LogP contribution is 2.20. The van der Waals surface area contributed by atoms with Crippen LogP contribution in [0.1, 0.15) is 21.6 Å². The van der Waals surface area contributed by atoms with E-state index >= 15 is 0 Å². The van der Waals surface area contributed by atoms with Crippen LogP contribution in [0.5, 0.6) is 0 Å². The summed E-state index contributed by atoms with van der Waals surface area (Å²) in [5.41, 5.74) is 1.83. The summed E-state index contributed by atoms with van der Waals surface area (Å²) in [6.07, 6.45) is 0. The van der Waals surface area contributed by atoms with Crippen LogP contribution in [0.25, 0.3) is 0 Å². The van der Waals surface area contributed by atoms with Crippen molar-refractivity contribution in [1.82, 2.24) is 19.0 Å². The lowest BCUT2D eigenvalue weighted by atomic mass is 10.1. The second-order valence-electron chi connectivity index (χ2n) is 6.62. The average Bonchev–Trinajstić information content (AvgIpc) is 2.65. The van der Waals surface area contributed by atoms with Crippen molar-refractivity contribution >= 4 is 15.9 Å². The van der Waals surface area contributed by atoms with Gasteiger partial charge in [-0.1, -0.05) is 6.07 Å². The van der Waals surface area contributed by atoms with Crippen LogP contribution in [0, 0.1) is 13.8 Å². The molecule has 9 heteroatoms. The molecular formula is C18H22N4O4S. The van der Waals surface area contributed by atoms with Gasteiger partial charge in [-0.2, -0.15) is 9.40 Å². The van der Waals surface area contributed by atoms with Crippen molar-refractivity contribution in [3.05, 3.63) is 57.5 Å². The fraction of sp³-hybridized carbons (Fsp3) is 0.389. The highest BCUT2D eigenvalue weighted by atomic mass is 32.2. The molecule has 144 valence electrons. The highest BCUT2D eigenvalue weighted by molar-refractivity contribution is 7.89. The molecule has 1 aromatic carbocycles. The molecule has 0 saturated carbocycles. The van der Waals surface area contributed by atoms with Gasteiger partial charge in [-0.25, -0.2) is 13.1 Å². The molecule has 0 spiro atoms. The van der Waals surface area contributed by atoms with E-state index in [9.17, 15) is 18.0 Å². The number of carbonyl (C=O) groups excluding carboxylic acids is 1. The Morgan fingerprint density at radius 2 is 1.67 bits per heavy atom. The Labute approximate surface area is 158 Å². The highest BCUT2D eigenvalue weighted by Gasteiger charge is 2.31. The summed E-state index contributed by atoms with van der Waals surface area (Å²) in [6.45, 7) is 4.79. The van der Waals surface area contributed by atoms with Gasteiger partial charge in [0.25, 0.3) is 11.5 Å². The van der Waals surface area contributed by atoms with E-state index < -0.39 is 10.0 Å². The first kappa shape index (κ1) is 19.2. The summed E-state index contributed by atoms with van der Waals surface area (Å²) in [4.78, 5) is 25.8. The molecule has 1 aromatic heterocycles. The molecule has 0 N–H and O–H groups in total. The van der Waals surface area contributed by atoms with E-state index in [1.165, 1.54) is 23.5 Å². The zero-order valence-corrected chi connectivity index (χ0v) is 16.4. The van der Waals surface area contributed by atoms with Crippen LogP contribution in [0.3, 0.4) is 0 Å². The van der Waals surface area contributed by atoms with Crippen LogP contribution in [-0.2, 0) is 17.1 Å². The number of aromatic nitrogens is 2. The summed E-state index contributed by atoms with van der Waals surface area (Å²) >= 11 is 0. The van der Waals surface area contributed by atoms with E-state index in [4.69, 9.17) is 0 Å². The third-order valence-corrected chi connectivity index (χ3v) is 6.72. The number of carbonyl (C=O) groups is 1. The molecule has 1 saturated heterocycles. The van der Waals surface area contributed by atoms with Crippen LogP contribution in [0.2, 0.25) is 0 Å². The summed E-state index contributed by atoms with van der Waals surface area (Å²) in [5.74, 6) is -0.311. The number of benzene rings is 1. The van der Waals surface area contributed by atoms with E-state index in [0.29, 0.717) is 0 Å². The Hall–Kier alpha value is -2.52. The van der Waals surface area contributed by atoms with Crippen molar-refractivity contribution < 1.29 is 13.2 Å². The molecule has 3 rings (SSSR count). The van der Waals surface area contributed by atoms with Crippen LogP contribution in [-0.4, -0.2) is 59.5 Å². The topological polar surface area (TPSA) is 92.6 Å². The molecule has 0 radical (unpaired) electrons. The normalized spacial score (nSPS) is 15.7. The minimum atomic E-state index is -3.59. The molecule has 1 aliphatic rings. The van der Waals surface area contributed by atoms with Crippen molar-refractivity contribution in [3.63, 3.8) is 0 Å². The molecule has 1 aliphatic heterocycles. The predicted octanol–water partition coefficient (Wildman–Crippen LogP) is 0.544. The van der Waals surface area contributed by atoms with Gasteiger partial charge in [-0.05, 0) is 43.2 Å². The maximum Gasteiger partial charge on any atom is 0.274 e. The van der Waals surface area contributed by atoms with Gasteiger partial charge >= 0.3 is 0 Å². The number of hydrogen-bond acceptors (Lipinski definition) is 5. The monoisotopic (exact) mass is 390 g/mol. The minimum Gasteiger partial charge on any atom is -0.335 e. The minimum absolute atomic E-state index is 0.169. The van der Waals surface area contributed by atoms with Crippen molar-refractivity contribution in [3.8, 4) is 0 Å². The van der Waals surface area contributed by atoms with Gasteiger partial charge < -0.3 is 4.90 Å². The Bertz CT molecular complexity index is 1040. The van der Waals surface area contributed by atoms with Gasteiger partial charge in [0.15, 0.2) is 0 Å². The zero-order chi connectivity index (χ0) is 19.8. The van der Waals surface area contributed by atoms with Crippen LogP contribution < -0.4 is 5.56 Å². The summed E-state index contributed by atoms with van der Waals surface area (Å²) in [6, 6.07) is 7.77. The lowest BCUT2D eigenvalue weighted by Crippen LogP contribution is -2.50. The predicted molar refractivity (Wildman–Crippen MR) is 100 cm³/mol. The SMILES string of the molecule is Cc1ccc(S(=O)(=O)N2CCN(C(=O)c3ccc(=O)n(C)n3)CC2)cc1C. The summed E-state index contributed by atoms with van der Waals surface area (Å²) in [5, 5.41) is 3.96. The Balaban J connectivity index is 1.72. The molecule has 8 nitrogen and oxygen atoms in total. The first-order valence-corrected chi connectivity index (χ1v) is 10.1. The molecule has 27 heavy (non-hydrogen) atoms. The molecule has 1 fully saturated rings. The van der Waals surface area contributed by atoms with Crippen molar-refractivity contribution in [2.24, 2.45) is 7.05 Å². The number of hydrogen-bond donors (Lipinski definition) is 0. The summed E-state index contributed by atoms with van der Waals surface area (Å²) < 4.78 is 28.2. The smallest absolute Gasteiger partial charge is 0.274 e. The van der Waals surface area contributed by atoms with Gasteiger partial charge in [-0.15, -0.1) is 0 Å². The van der Waals surface area contributed by atoms with Gasteiger partial charge in [0.2, 0.25) is 10.0 Å². The van der Waals surface area contributed by atoms with E-state index in [-0.39, 0.29) is 48.2 Å². The molecule has 0 atom stereocenters. The molecular weight excluding hydrogens is 368 g/mol. The second-order valence-corrected chi connectivity index (χ2v) is 8.56. The first-order chi connectivity index (χ1) is 12.7. The van der Waals surface area contributed by atoms with Crippen LogP contribution in [0.15, 0.2) is 40.0 Å². The number of piperazine rings is 1. The van der Waals surface area contributed by atoms with Gasteiger partial charge in [0.1, 0.15) is 5.69 Å². The largest absolute Gasteiger partial charge is 0.335 e. The zero-order valence-electron chi connectivity index (χ0n) is 15.5. The van der Waals surface area contributed by atoms with E-state index in [1.54, 1.807) is 23.1 Å². The Morgan fingerprint density at radius 1 is 1.00 bits per heavy atom. The number of rotatable bonds is 3. The van der Waals surface area contributed by atoms with Gasteiger partial charge in [0, 0.05) is 39.3 Å². The lowest BCUT2D eigenvalue weighted by Gasteiger charge is -2.33. The standard InChI is InChI=1S/C18H22N4O4S/c1-13-4-5-15(12-14(13)2)27(25,26)22-10-8-21(9-11-22)18(24)16-6-7-17(23)20(3)19-16/h4-7,12H,8-11H2,1-3H3. The maximum absolute atomic E-state index is 12.9. The average molecular weight is 390 g/mol. The van der Waals surface area contributed by atoms with Crippen molar-refractivity contribution in [1.29, 1.82) is 0 Å².